The van der Waals surface area contributed by atoms with E-state index in [1.54, 1.807) is 0 Å². The number of ether oxygens (including phenoxy) is 2. The summed E-state index contributed by atoms with van der Waals surface area (Å²) in [6, 6.07) is 16.6. The van der Waals surface area contributed by atoms with E-state index in [0.717, 1.165) is 60.2 Å². The van der Waals surface area contributed by atoms with Crippen LogP contribution in [0, 0.1) is 19.3 Å². The molecule has 0 bridgehead atoms. The van der Waals surface area contributed by atoms with E-state index in [-0.39, 0.29) is 0 Å². The maximum absolute atomic E-state index is 5.41. The van der Waals surface area contributed by atoms with Crippen LogP contribution in [-0.2, 0) is 13.0 Å². The van der Waals surface area contributed by atoms with Crippen LogP contribution in [-0.4, -0.2) is 41.5 Å². The second kappa shape index (κ2) is 11.6. The summed E-state index contributed by atoms with van der Waals surface area (Å²) in [6.45, 7) is 14.1. The van der Waals surface area contributed by atoms with Crippen molar-refractivity contribution in [1.82, 2.24) is 19.9 Å². The molecule has 0 atom stereocenters. The number of nitrogens with zero attached hydrogens (tertiary/aromatic N) is 3. The van der Waals surface area contributed by atoms with Crippen molar-refractivity contribution in [1.29, 1.82) is 0 Å². The zero-order valence-electron chi connectivity index (χ0n) is 22.9. The second-order valence-corrected chi connectivity index (χ2v) is 10.6. The minimum absolute atomic E-state index is 0.315. The molecule has 2 aromatic carbocycles. The quantitative estimate of drug-likeness (QED) is 0.315. The number of rotatable bonds is 7. The first-order chi connectivity index (χ1) is 17.7. The van der Waals surface area contributed by atoms with Crippen molar-refractivity contribution in [3.05, 3.63) is 77.2 Å². The molecule has 2 aromatic heterocycles. The van der Waals surface area contributed by atoms with Crippen LogP contribution in [0.1, 0.15) is 43.3 Å². The first kappa shape index (κ1) is 26.5. The van der Waals surface area contributed by atoms with Crippen LogP contribution >= 0.6 is 0 Å². The van der Waals surface area contributed by atoms with Crippen LogP contribution < -0.4 is 20.1 Å². The van der Waals surface area contributed by atoms with Gasteiger partial charge in [-0.2, -0.15) is 0 Å². The molecule has 0 unspecified atom stereocenters. The van der Waals surface area contributed by atoms with E-state index in [4.69, 9.17) is 9.47 Å². The maximum Gasteiger partial charge on any atom is 0.231 e. The van der Waals surface area contributed by atoms with Crippen LogP contribution in [0.4, 0.5) is 5.82 Å². The second-order valence-electron chi connectivity index (χ2n) is 10.6. The van der Waals surface area contributed by atoms with Crippen molar-refractivity contribution < 1.29 is 9.47 Å². The summed E-state index contributed by atoms with van der Waals surface area (Å²) in [7, 11) is 1.88. The molecule has 4 aromatic rings. The predicted octanol–water partition coefficient (Wildman–Crippen LogP) is 5.73. The average Bonchev–Trinajstić information content (AvgIpc) is 3.45. The molecular formula is C30H39N5O2. The van der Waals surface area contributed by atoms with Crippen LogP contribution in [0.15, 0.2) is 54.7 Å². The fourth-order valence-corrected chi connectivity index (χ4v) is 4.38. The number of hydrogen-bond acceptors (Lipinski definition) is 6. The molecule has 37 heavy (non-hydrogen) atoms. The Kier molecular flexibility index (Phi) is 8.34. The van der Waals surface area contributed by atoms with E-state index >= 15 is 0 Å². The first-order valence-electron chi connectivity index (χ1n) is 12.9. The van der Waals surface area contributed by atoms with Crippen LogP contribution in [0.5, 0.6) is 11.5 Å². The van der Waals surface area contributed by atoms with Gasteiger partial charge in [-0.1, -0.05) is 51.1 Å². The molecule has 0 saturated heterocycles. The number of hydrogen-bond donors (Lipinski definition) is 2. The molecule has 3 heterocycles. The molecule has 7 nitrogen and oxygen atoms in total. The molecule has 0 amide bonds. The van der Waals surface area contributed by atoms with Gasteiger partial charge in [-0.25, -0.2) is 9.97 Å². The molecule has 1 aliphatic heterocycles. The SMILES string of the molecule is CNc1nccc2c1nc(C)n2CCNCC(C)(C)C.Cc1cc2c(cc1Cc1ccccc1)OCO2. The fourth-order valence-electron chi connectivity index (χ4n) is 4.38. The van der Waals surface area contributed by atoms with Crippen molar-refractivity contribution in [3.8, 4) is 11.5 Å². The van der Waals surface area contributed by atoms with Gasteiger partial charge in [-0.05, 0) is 60.6 Å². The Balaban J connectivity index is 0.000000175. The van der Waals surface area contributed by atoms with Crippen LogP contribution in [0.3, 0.4) is 0 Å². The molecule has 5 rings (SSSR count). The van der Waals surface area contributed by atoms with Crippen molar-refractivity contribution in [3.63, 3.8) is 0 Å². The van der Waals surface area contributed by atoms with Gasteiger partial charge >= 0.3 is 0 Å². The maximum atomic E-state index is 5.41. The lowest BCUT2D eigenvalue weighted by Crippen LogP contribution is -2.29. The zero-order valence-corrected chi connectivity index (χ0v) is 22.9. The standard InChI is InChI=1S/C15H25N5.C15H14O2/c1-11-19-13-12(6-7-18-14(13)16-5)20(11)9-8-17-10-15(2,3)4;1-11-7-14-15(17-10-16-14)9-13(11)8-12-5-3-2-4-6-12/h6-7,17H,8-10H2,1-5H3,(H,16,18);2-7,9H,8,10H2,1H3. The molecule has 1 aliphatic rings. The largest absolute Gasteiger partial charge is 0.454 e. The smallest absolute Gasteiger partial charge is 0.231 e. The van der Waals surface area contributed by atoms with E-state index in [1.807, 2.05) is 32.3 Å². The highest BCUT2D eigenvalue weighted by Gasteiger charge is 2.16. The molecule has 0 saturated carbocycles. The number of imidazole rings is 1. The Hall–Kier alpha value is -3.58. The van der Waals surface area contributed by atoms with E-state index in [2.05, 4.69) is 89.3 Å². The molecule has 0 radical (unpaired) electrons. The zero-order chi connectivity index (χ0) is 26.4. The van der Waals surface area contributed by atoms with Gasteiger partial charge in [0.25, 0.3) is 0 Å². The number of aromatic nitrogens is 3. The minimum Gasteiger partial charge on any atom is -0.454 e. The van der Waals surface area contributed by atoms with Crippen molar-refractivity contribution in [2.24, 2.45) is 5.41 Å². The van der Waals surface area contributed by atoms with E-state index in [0.29, 0.717) is 12.2 Å². The minimum atomic E-state index is 0.315. The molecule has 0 fully saturated rings. The van der Waals surface area contributed by atoms with E-state index in [1.165, 1.54) is 16.7 Å². The van der Waals surface area contributed by atoms with Crippen molar-refractivity contribution >= 4 is 16.9 Å². The number of nitrogens with one attached hydrogen (secondary N) is 2. The van der Waals surface area contributed by atoms with Crippen molar-refractivity contribution in [2.75, 3.05) is 32.2 Å². The van der Waals surface area contributed by atoms with E-state index in [9.17, 15) is 0 Å². The van der Waals surface area contributed by atoms with Crippen LogP contribution in [0.2, 0.25) is 0 Å². The van der Waals surface area contributed by atoms with Gasteiger partial charge in [0.05, 0.1) is 5.52 Å². The lowest BCUT2D eigenvalue weighted by molar-refractivity contribution is 0.174. The summed E-state index contributed by atoms with van der Waals surface area (Å²) in [4.78, 5) is 8.93. The fraction of sp³-hybridized carbons (Fsp3) is 0.400. The summed E-state index contributed by atoms with van der Waals surface area (Å²) in [5, 5.41) is 6.60. The monoisotopic (exact) mass is 501 g/mol. The van der Waals surface area contributed by atoms with Gasteiger partial charge in [0.15, 0.2) is 17.3 Å². The highest BCUT2D eigenvalue weighted by atomic mass is 16.7. The average molecular weight is 502 g/mol. The van der Waals surface area contributed by atoms with Gasteiger partial charge in [0, 0.05) is 32.9 Å². The van der Waals surface area contributed by atoms with Gasteiger partial charge in [0.1, 0.15) is 11.3 Å². The normalized spacial score (nSPS) is 12.4. The molecular weight excluding hydrogens is 462 g/mol. The summed E-state index contributed by atoms with van der Waals surface area (Å²) < 4.78 is 13.0. The lowest BCUT2D eigenvalue weighted by Gasteiger charge is -2.19. The Morgan fingerprint density at radius 1 is 1.00 bits per heavy atom. The molecule has 0 spiro atoms. The summed E-state index contributed by atoms with van der Waals surface area (Å²) in [5.41, 5.74) is 6.26. The predicted molar refractivity (Wildman–Crippen MR) is 151 cm³/mol. The Labute approximate surface area is 220 Å². The third-order valence-corrected chi connectivity index (χ3v) is 6.33. The van der Waals surface area contributed by atoms with Crippen molar-refractivity contribution in [2.45, 2.75) is 47.6 Å². The number of aryl methyl sites for hydroxylation is 2. The van der Waals surface area contributed by atoms with Gasteiger partial charge in [-0.3, -0.25) is 0 Å². The number of anilines is 1. The van der Waals surface area contributed by atoms with Crippen LogP contribution in [0.25, 0.3) is 11.0 Å². The number of pyridine rings is 1. The summed E-state index contributed by atoms with van der Waals surface area (Å²) >= 11 is 0. The third-order valence-electron chi connectivity index (χ3n) is 6.33. The summed E-state index contributed by atoms with van der Waals surface area (Å²) in [5.74, 6) is 3.59. The highest BCUT2D eigenvalue weighted by molar-refractivity contribution is 5.86. The Morgan fingerprint density at radius 3 is 2.43 bits per heavy atom. The molecule has 2 N–H and O–H groups in total. The number of fused-ring (bicyclic) bond motifs is 2. The first-order valence-corrected chi connectivity index (χ1v) is 12.9. The van der Waals surface area contributed by atoms with Gasteiger partial charge in [-0.15, -0.1) is 0 Å². The lowest BCUT2D eigenvalue weighted by atomic mass is 9.97. The van der Waals surface area contributed by atoms with Gasteiger partial charge in [0.2, 0.25) is 6.79 Å². The summed E-state index contributed by atoms with van der Waals surface area (Å²) in [6.07, 6.45) is 2.76. The molecule has 0 aliphatic carbocycles. The Morgan fingerprint density at radius 2 is 1.73 bits per heavy atom. The molecule has 196 valence electrons. The number of benzene rings is 2. The molecule has 7 heteroatoms. The van der Waals surface area contributed by atoms with Gasteiger partial charge < -0.3 is 24.7 Å². The third kappa shape index (κ3) is 6.80. The Bertz CT molecular complexity index is 1330. The topological polar surface area (TPSA) is 73.2 Å². The highest BCUT2D eigenvalue weighted by Crippen LogP contribution is 2.35. The van der Waals surface area contributed by atoms with E-state index < -0.39 is 0 Å².